The SMILES string of the molecule is C=CCc1ccc(C(C)C)c(N=C(C)c2cccc(C(C)=Nc3c(C(C)C)cccc3C(C)C)n2)c1C(C)C. The van der Waals surface area contributed by atoms with E-state index in [0.717, 1.165) is 40.6 Å². The number of pyridine rings is 1. The number of aliphatic imine (C=N–C) groups is 2. The lowest BCUT2D eigenvalue weighted by Gasteiger charge is -2.21. The van der Waals surface area contributed by atoms with Crippen LogP contribution in [0.5, 0.6) is 0 Å². The molecule has 0 aliphatic rings. The van der Waals surface area contributed by atoms with Crippen molar-refractivity contribution in [3.05, 3.63) is 100 Å². The summed E-state index contributed by atoms with van der Waals surface area (Å²) >= 11 is 0. The predicted molar refractivity (Wildman–Crippen MR) is 171 cm³/mol. The highest BCUT2D eigenvalue weighted by atomic mass is 14.8. The lowest BCUT2D eigenvalue weighted by Crippen LogP contribution is -2.07. The van der Waals surface area contributed by atoms with Gasteiger partial charge >= 0.3 is 0 Å². The molecular weight excluding hydrogens is 474 g/mol. The Morgan fingerprint density at radius 1 is 0.667 bits per heavy atom. The quantitative estimate of drug-likeness (QED) is 0.193. The van der Waals surface area contributed by atoms with Gasteiger partial charge in [-0.3, -0.25) is 9.98 Å². The third kappa shape index (κ3) is 7.01. The van der Waals surface area contributed by atoms with E-state index in [9.17, 15) is 0 Å². The van der Waals surface area contributed by atoms with Gasteiger partial charge in [0.2, 0.25) is 0 Å². The molecule has 3 heteroatoms. The first-order valence-electron chi connectivity index (χ1n) is 14.4. The Labute approximate surface area is 237 Å². The summed E-state index contributed by atoms with van der Waals surface area (Å²) in [5.74, 6) is 1.52. The van der Waals surface area contributed by atoms with Crippen molar-refractivity contribution < 1.29 is 0 Å². The Kier molecular flexibility index (Phi) is 10.2. The molecule has 206 valence electrons. The van der Waals surface area contributed by atoms with Crippen LogP contribution in [0.3, 0.4) is 0 Å². The van der Waals surface area contributed by atoms with E-state index in [1.165, 1.54) is 27.8 Å². The first-order chi connectivity index (χ1) is 18.5. The Morgan fingerprint density at radius 2 is 1.13 bits per heavy atom. The van der Waals surface area contributed by atoms with Crippen LogP contribution in [0.1, 0.15) is 132 Å². The minimum atomic E-state index is 0.357. The van der Waals surface area contributed by atoms with Crippen LogP contribution in [0.25, 0.3) is 0 Å². The summed E-state index contributed by atoms with van der Waals surface area (Å²) in [6.07, 6.45) is 2.82. The molecule has 3 nitrogen and oxygen atoms in total. The number of hydrogen-bond donors (Lipinski definition) is 0. The summed E-state index contributed by atoms with van der Waals surface area (Å²) in [6.45, 7) is 26.0. The van der Waals surface area contributed by atoms with Gasteiger partial charge in [-0.05, 0) is 83.9 Å². The normalized spacial score (nSPS) is 12.8. The smallest absolute Gasteiger partial charge is 0.0849 e. The third-order valence-electron chi connectivity index (χ3n) is 7.29. The highest BCUT2D eigenvalue weighted by molar-refractivity contribution is 6.02. The van der Waals surface area contributed by atoms with E-state index in [1.807, 2.05) is 12.1 Å². The average molecular weight is 522 g/mol. The maximum atomic E-state index is 5.25. The van der Waals surface area contributed by atoms with Gasteiger partial charge in [0, 0.05) is 0 Å². The van der Waals surface area contributed by atoms with E-state index < -0.39 is 0 Å². The molecule has 3 aromatic rings. The summed E-state index contributed by atoms with van der Waals surface area (Å²) in [5, 5.41) is 0. The van der Waals surface area contributed by atoms with Crippen LogP contribution in [0.2, 0.25) is 0 Å². The van der Waals surface area contributed by atoms with Gasteiger partial charge in [0.15, 0.2) is 0 Å². The largest absolute Gasteiger partial charge is 0.251 e. The molecule has 39 heavy (non-hydrogen) atoms. The molecule has 1 aromatic heterocycles. The topological polar surface area (TPSA) is 37.6 Å². The average Bonchev–Trinajstić information content (AvgIpc) is 2.88. The van der Waals surface area contributed by atoms with Crippen LogP contribution in [0.4, 0.5) is 11.4 Å². The molecule has 0 saturated heterocycles. The highest BCUT2D eigenvalue weighted by Gasteiger charge is 2.18. The highest BCUT2D eigenvalue weighted by Crippen LogP contribution is 2.38. The van der Waals surface area contributed by atoms with E-state index in [0.29, 0.717) is 23.7 Å². The number of allylic oxidation sites excluding steroid dienone is 1. The van der Waals surface area contributed by atoms with Gasteiger partial charge in [-0.2, -0.15) is 0 Å². The monoisotopic (exact) mass is 521 g/mol. The van der Waals surface area contributed by atoms with Crippen LogP contribution in [-0.2, 0) is 6.42 Å². The zero-order valence-corrected chi connectivity index (χ0v) is 25.8. The van der Waals surface area contributed by atoms with Crippen molar-refractivity contribution in [1.29, 1.82) is 0 Å². The molecule has 0 radical (unpaired) electrons. The number of nitrogens with zero attached hydrogens (tertiary/aromatic N) is 3. The fraction of sp³-hybridized carbons (Fsp3) is 0.417. The Hall–Kier alpha value is -3.33. The van der Waals surface area contributed by atoms with Crippen molar-refractivity contribution in [3.8, 4) is 0 Å². The van der Waals surface area contributed by atoms with Crippen molar-refractivity contribution in [3.63, 3.8) is 0 Å². The second kappa shape index (κ2) is 13.2. The van der Waals surface area contributed by atoms with Gasteiger partial charge in [-0.15, -0.1) is 6.58 Å². The van der Waals surface area contributed by atoms with Crippen molar-refractivity contribution in [2.24, 2.45) is 9.98 Å². The van der Waals surface area contributed by atoms with Gasteiger partial charge < -0.3 is 0 Å². The number of aromatic nitrogens is 1. The van der Waals surface area contributed by atoms with E-state index in [1.54, 1.807) is 0 Å². The van der Waals surface area contributed by atoms with E-state index in [-0.39, 0.29) is 0 Å². The fourth-order valence-corrected chi connectivity index (χ4v) is 5.16. The van der Waals surface area contributed by atoms with Gasteiger partial charge in [0.25, 0.3) is 0 Å². The minimum Gasteiger partial charge on any atom is -0.251 e. The molecule has 0 amide bonds. The predicted octanol–water partition coefficient (Wildman–Crippen LogP) is 10.6. The van der Waals surface area contributed by atoms with Crippen LogP contribution >= 0.6 is 0 Å². The summed E-state index contributed by atoms with van der Waals surface area (Å²) in [5.41, 5.74) is 12.2. The van der Waals surface area contributed by atoms with Crippen LogP contribution in [0.15, 0.2) is 71.2 Å². The Morgan fingerprint density at radius 3 is 1.59 bits per heavy atom. The first kappa shape index (κ1) is 30.2. The number of rotatable bonds is 10. The summed E-state index contributed by atoms with van der Waals surface area (Å²) in [6, 6.07) is 17.2. The van der Waals surface area contributed by atoms with Crippen LogP contribution in [-0.4, -0.2) is 16.4 Å². The third-order valence-corrected chi connectivity index (χ3v) is 7.29. The van der Waals surface area contributed by atoms with Crippen molar-refractivity contribution in [1.82, 2.24) is 4.98 Å². The summed E-state index contributed by atoms with van der Waals surface area (Å²) < 4.78 is 0. The lowest BCUT2D eigenvalue weighted by molar-refractivity contribution is 0.823. The van der Waals surface area contributed by atoms with Crippen LogP contribution in [0, 0.1) is 0 Å². The molecular formula is C36H47N3. The Bertz CT molecular complexity index is 1340. The van der Waals surface area contributed by atoms with Crippen molar-refractivity contribution in [2.45, 2.75) is 99.3 Å². The molecule has 0 aliphatic heterocycles. The zero-order valence-electron chi connectivity index (χ0n) is 25.8. The lowest BCUT2D eigenvalue weighted by atomic mass is 9.87. The van der Waals surface area contributed by atoms with E-state index in [2.05, 4.69) is 118 Å². The molecule has 0 N–H and O–H groups in total. The molecule has 3 rings (SSSR count). The number of para-hydroxylation sites is 1. The van der Waals surface area contributed by atoms with Gasteiger partial charge in [0.1, 0.15) is 0 Å². The molecule has 0 bridgehead atoms. The molecule has 2 aromatic carbocycles. The van der Waals surface area contributed by atoms with Crippen molar-refractivity contribution >= 4 is 22.8 Å². The molecule has 0 saturated carbocycles. The minimum absolute atomic E-state index is 0.357. The number of hydrogen-bond acceptors (Lipinski definition) is 3. The maximum Gasteiger partial charge on any atom is 0.0849 e. The molecule has 0 unspecified atom stereocenters. The summed E-state index contributed by atoms with van der Waals surface area (Å²) in [7, 11) is 0. The second-order valence-corrected chi connectivity index (χ2v) is 11.8. The molecule has 1 heterocycles. The van der Waals surface area contributed by atoms with Gasteiger partial charge in [0.05, 0.1) is 34.2 Å². The van der Waals surface area contributed by atoms with Gasteiger partial charge in [-0.25, -0.2) is 4.98 Å². The first-order valence-corrected chi connectivity index (χ1v) is 14.4. The van der Waals surface area contributed by atoms with E-state index in [4.69, 9.17) is 15.0 Å². The van der Waals surface area contributed by atoms with Crippen LogP contribution < -0.4 is 0 Å². The second-order valence-electron chi connectivity index (χ2n) is 11.8. The van der Waals surface area contributed by atoms with Gasteiger partial charge in [-0.1, -0.05) is 97.9 Å². The maximum absolute atomic E-state index is 5.25. The van der Waals surface area contributed by atoms with Crippen molar-refractivity contribution in [2.75, 3.05) is 0 Å². The molecule has 0 atom stereocenters. The molecule has 0 fully saturated rings. The summed E-state index contributed by atoms with van der Waals surface area (Å²) in [4.78, 5) is 15.5. The fourth-order valence-electron chi connectivity index (χ4n) is 5.16. The molecule has 0 aliphatic carbocycles. The molecule has 0 spiro atoms. The van der Waals surface area contributed by atoms with E-state index >= 15 is 0 Å². The Balaban J connectivity index is 2.13. The standard InChI is InChI=1S/C36H47N3/c1-12-15-28-20-21-31(24(6)7)36(34(28)25(8)9)38-27(11)33-19-14-18-32(39-33)26(10)37-35-29(22(2)3)16-13-17-30(35)23(4)5/h12-14,16-25H,1,15H2,2-11H3. The number of benzene rings is 2. The zero-order chi connectivity index (χ0) is 28.9.